The van der Waals surface area contributed by atoms with Crippen molar-refractivity contribution in [3.63, 3.8) is 0 Å². The molecule has 0 aliphatic carbocycles. The number of hydrogen-bond donors (Lipinski definition) is 3. The van der Waals surface area contributed by atoms with Gasteiger partial charge in [-0.05, 0) is 29.5 Å². The van der Waals surface area contributed by atoms with Crippen LogP contribution < -0.4 is 10.6 Å². The summed E-state index contributed by atoms with van der Waals surface area (Å²) in [5.74, 6) is 0. The minimum Gasteiger partial charge on any atom is -0.423 e. The van der Waals surface area contributed by atoms with E-state index in [0.717, 1.165) is 16.8 Å². The van der Waals surface area contributed by atoms with E-state index in [1.807, 2.05) is 0 Å². The van der Waals surface area contributed by atoms with E-state index in [2.05, 4.69) is 0 Å². The van der Waals surface area contributed by atoms with Gasteiger partial charge in [-0.25, -0.2) is 0 Å². The van der Waals surface area contributed by atoms with E-state index >= 15 is 0 Å². The standard InChI is InChI=1S/C6H8BNO2S/c8-11-6-3-1-2-5(4-6)7(9)10/h1-4,9-10H,8H2. The third-order valence-corrected chi connectivity index (χ3v) is 1.82. The number of hydrogen-bond acceptors (Lipinski definition) is 4. The molecule has 1 rings (SSSR count). The van der Waals surface area contributed by atoms with Gasteiger partial charge in [0, 0.05) is 4.90 Å². The molecule has 0 radical (unpaired) electrons. The van der Waals surface area contributed by atoms with E-state index in [-0.39, 0.29) is 0 Å². The Morgan fingerprint density at radius 2 is 2.09 bits per heavy atom. The summed E-state index contributed by atoms with van der Waals surface area (Å²) in [6.45, 7) is 0. The van der Waals surface area contributed by atoms with Gasteiger partial charge in [-0.15, -0.1) is 0 Å². The molecular formula is C6H8BNO2S. The molecule has 58 valence electrons. The van der Waals surface area contributed by atoms with Crippen molar-refractivity contribution in [3.8, 4) is 0 Å². The van der Waals surface area contributed by atoms with E-state index < -0.39 is 7.12 Å². The first-order valence-electron chi connectivity index (χ1n) is 3.07. The second-order valence-electron chi connectivity index (χ2n) is 2.06. The van der Waals surface area contributed by atoms with Gasteiger partial charge in [0.15, 0.2) is 0 Å². The Kier molecular flexibility index (Phi) is 2.96. The first-order valence-corrected chi connectivity index (χ1v) is 3.95. The Labute approximate surface area is 69.5 Å². The molecule has 0 unspecified atom stereocenters. The van der Waals surface area contributed by atoms with Crippen molar-refractivity contribution in [2.75, 3.05) is 0 Å². The van der Waals surface area contributed by atoms with Crippen molar-refractivity contribution in [2.45, 2.75) is 4.90 Å². The van der Waals surface area contributed by atoms with Crippen LogP contribution in [0.4, 0.5) is 0 Å². The largest absolute Gasteiger partial charge is 0.488 e. The van der Waals surface area contributed by atoms with E-state index in [1.54, 1.807) is 24.3 Å². The molecule has 5 heteroatoms. The molecule has 0 amide bonds. The number of rotatable bonds is 2. The molecule has 1 aromatic rings. The maximum atomic E-state index is 8.75. The fourth-order valence-corrected chi connectivity index (χ4v) is 1.11. The Morgan fingerprint density at radius 3 is 2.64 bits per heavy atom. The van der Waals surface area contributed by atoms with Gasteiger partial charge in [-0.3, -0.25) is 5.14 Å². The van der Waals surface area contributed by atoms with Gasteiger partial charge in [0.2, 0.25) is 0 Å². The normalized spacial score (nSPS) is 9.73. The highest BCUT2D eigenvalue weighted by atomic mass is 32.2. The summed E-state index contributed by atoms with van der Waals surface area (Å²) < 4.78 is 0. The number of nitrogens with two attached hydrogens (primary N) is 1. The van der Waals surface area contributed by atoms with Crippen LogP contribution in [0, 0.1) is 0 Å². The predicted molar refractivity (Wildman–Crippen MR) is 46.3 cm³/mol. The zero-order valence-electron chi connectivity index (χ0n) is 5.77. The quantitative estimate of drug-likeness (QED) is 0.405. The highest BCUT2D eigenvalue weighted by molar-refractivity contribution is 7.97. The van der Waals surface area contributed by atoms with Crippen molar-refractivity contribution in [1.29, 1.82) is 0 Å². The molecule has 0 atom stereocenters. The van der Waals surface area contributed by atoms with Gasteiger partial charge in [-0.1, -0.05) is 12.1 Å². The van der Waals surface area contributed by atoms with Crippen LogP contribution in [0.25, 0.3) is 0 Å². The zero-order chi connectivity index (χ0) is 8.27. The van der Waals surface area contributed by atoms with E-state index in [1.165, 1.54) is 0 Å². The molecule has 0 spiro atoms. The van der Waals surface area contributed by atoms with Crippen LogP contribution >= 0.6 is 11.9 Å². The van der Waals surface area contributed by atoms with Crippen LogP contribution in [-0.2, 0) is 0 Å². The topological polar surface area (TPSA) is 66.5 Å². The summed E-state index contributed by atoms with van der Waals surface area (Å²) >= 11 is 1.08. The summed E-state index contributed by atoms with van der Waals surface area (Å²) in [5, 5.41) is 22.8. The van der Waals surface area contributed by atoms with Crippen LogP contribution in [0.2, 0.25) is 0 Å². The molecule has 0 bridgehead atoms. The van der Waals surface area contributed by atoms with Gasteiger partial charge in [-0.2, -0.15) is 0 Å². The predicted octanol–water partition coefficient (Wildman–Crippen LogP) is -0.668. The summed E-state index contributed by atoms with van der Waals surface area (Å²) in [6, 6.07) is 6.79. The zero-order valence-corrected chi connectivity index (χ0v) is 6.58. The molecule has 0 saturated carbocycles. The lowest BCUT2D eigenvalue weighted by Gasteiger charge is -2.00. The lowest BCUT2D eigenvalue weighted by molar-refractivity contribution is 0.425. The average Bonchev–Trinajstić information content (AvgIpc) is 2.05. The van der Waals surface area contributed by atoms with Gasteiger partial charge in [0.05, 0.1) is 0 Å². The monoisotopic (exact) mass is 169 g/mol. The fraction of sp³-hybridized carbons (Fsp3) is 0. The second kappa shape index (κ2) is 3.78. The third-order valence-electron chi connectivity index (χ3n) is 1.29. The van der Waals surface area contributed by atoms with E-state index in [9.17, 15) is 0 Å². The first kappa shape index (κ1) is 8.61. The maximum Gasteiger partial charge on any atom is 0.488 e. The average molecular weight is 169 g/mol. The first-order chi connectivity index (χ1) is 5.24. The Balaban J connectivity index is 2.91. The molecule has 11 heavy (non-hydrogen) atoms. The van der Waals surface area contributed by atoms with Crippen molar-refractivity contribution in [2.24, 2.45) is 5.14 Å². The van der Waals surface area contributed by atoms with Crippen LogP contribution in [-0.4, -0.2) is 17.2 Å². The summed E-state index contributed by atoms with van der Waals surface area (Å²) in [7, 11) is -1.41. The van der Waals surface area contributed by atoms with Crippen LogP contribution in [0.1, 0.15) is 0 Å². The van der Waals surface area contributed by atoms with Gasteiger partial charge in [0.25, 0.3) is 0 Å². The minimum absolute atomic E-state index is 0.459. The second-order valence-corrected chi connectivity index (χ2v) is 2.77. The van der Waals surface area contributed by atoms with Crippen molar-refractivity contribution in [3.05, 3.63) is 24.3 Å². The SMILES string of the molecule is NSc1cccc(B(O)O)c1. The summed E-state index contributed by atoms with van der Waals surface area (Å²) in [4.78, 5) is 0.815. The van der Waals surface area contributed by atoms with E-state index in [0.29, 0.717) is 5.46 Å². The molecule has 0 aliphatic heterocycles. The van der Waals surface area contributed by atoms with E-state index in [4.69, 9.17) is 15.2 Å². The van der Waals surface area contributed by atoms with Crippen LogP contribution in [0.15, 0.2) is 29.2 Å². The molecule has 1 aromatic carbocycles. The molecule has 0 heterocycles. The minimum atomic E-state index is -1.41. The van der Waals surface area contributed by atoms with Crippen molar-refractivity contribution >= 4 is 24.5 Å². The van der Waals surface area contributed by atoms with Crippen molar-refractivity contribution < 1.29 is 10.0 Å². The molecule has 4 N–H and O–H groups in total. The van der Waals surface area contributed by atoms with Gasteiger partial charge in [0.1, 0.15) is 0 Å². The molecule has 0 aromatic heterocycles. The Bertz CT molecular complexity index is 244. The molecule has 3 nitrogen and oxygen atoms in total. The molecule has 0 fully saturated rings. The molecular weight excluding hydrogens is 161 g/mol. The summed E-state index contributed by atoms with van der Waals surface area (Å²) in [5.41, 5.74) is 0.459. The van der Waals surface area contributed by atoms with Gasteiger partial charge >= 0.3 is 7.12 Å². The Hall–Kier alpha value is -0.485. The smallest absolute Gasteiger partial charge is 0.423 e. The lowest BCUT2D eigenvalue weighted by atomic mass is 9.81. The molecule has 0 aliphatic rings. The van der Waals surface area contributed by atoms with Crippen LogP contribution in [0.5, 0.6) is 0 Å². The maximum absolute atomic E-state index is 8.75. The lowest BCUT2D eigenvalue weighted by Crippen LogP contribution is -2.29. The van der Waals surface area contributed by atoms with Gasteiger partial charge < -0.3 is 10.0 Å². The highest BCUT2D eigenvalue weighted by Crippen LogP contribution is 2.07. The molecule has 0 saturated heterocycles. The Morgan fingerprint density at radius 1 is 1.36 bits per heavy atom. The number of benzene rings is 1. The van der Waals surface area contributed by atoms with Crippen molar-refractivity contribution in [1.82, 2.24) is 0 Å². The fourth-order valence-electron chi connectivity index (χ4n) is 0.748. The highest BCUT2D eigenvalue weighted by Gasteiger charge is 2.09. The third kappa shape index (κ3) is 2.23. The summed E-state index contributed by atoms with van der Waals surface area (Å²) in [6.07, 6.45) is 0. The van der Waals surface area contributed by atoms with Crippen LogP contribution in [0.3, 0.4) is 0 Å².